The number of aromatic nitrogens is 1. The van der Waals surface area contributed by atoms with Crippen LogP contribution in [0.5, 0.6) is 0 Å². The summed E-state index contributed by atoms with van der Waals surface area (Å²) in [5.74, 6) is 0.0234. The molecule has 5 heteroatoms. The van der Waals surface area contributed by atoms with Crippen molar-refractivity contribution in [3.05, 3.63) is 78.5 Å². The summed E-state index contributed by atoms with van der Waals surface area (Å²) in [6.45, 7) is 0.470. The number of carbonyl (C=O) groups is 1. The number of nitrogens with zero attached hydrogens (tertiary/aromatic N) is 2. The minimum atomic E-state index is -0.253. The van der Waals surface area contributed by atoms with Gasteiger partial charge in [0.1, 0.15) is 0 Å². The second-order valence-corrected chi connectivity index (χ2v) is 5.34. The Morgan fingerprint density at radius 1 is 1.12 bits per heavy atom. The molecule has 24 heavy (non-hydrogen) atoms. The van der Waals surface area contributed by atoms with Gasteiger partial charge in [-0.25, -0.2) is 0 Å². The highest BCUT2D eigenvalue weighted by molar-refractivity contribution is 5.98. The maximum Gasteiger partial charge on any atom is 0.290 e. The van der Waals surface area contributed by atoms with Crippen LogP contribution in [0.3, 0.4) is 0 Å². The van der Waals surface area contributed by atoms with Crippen LogP contribution in [0.1, 0.15) is 16.1 Å². The molecule has 0 unspecified atom stereocenters. The van der Waals surface area contributed by atoms with E-state index in [9.17, 15) is 9.90 Å². The van der Waals surface area contributed by atoms with Crippen LogP contribution in [0.15, 0.2) is 71.6 Å². The van der Waals surface area contributed by atoms with Crippen molar-refractivity contribution in [2.45, 2.75) is 6.54 Å². The monoisotopic (exact) mass is 322 g/mol. The fourth-order valence-corrected chi connectivity index (χ4v) is 2.55. The fraction of sp³-hybridized carbons (Fsp3) is 0.158. The van der Waals surface area contributed by atoms with Crippen molar-refractivity contribution in [2.75, 3.05) is 13.2 Å². The Morgan fingerprint density at radius 2 is 1.96 bits per heavy atom. The number of pyridine rings is 1. The van der Waals surface area contributed by atoms with Crippen LogP contribution in [0.25, 0.3) is 11.1 Å². The van der Waals surface area contributed by atoms with E-state index in [0.717, 1.165) is 16.7 Å². The molecule has 0 bridgehead atoms. The topological polar surface area (TPSA) is 66.6 Å². The average Bonchev–Trinajstić information content (AvgIpc) is 3.12. The number of rotatable bonds is 6. The predicted molar refractivity (Wildman–Crippen MR) is 90.2 cm³/mol. The third-order valence-corrected chi connectivity index (χ3v) is 3.70. The largest absolute Gasteiger partial charge is 0.459 e. The van der Waals surface area contributed by atoms with Gasteiger partial charge < -0.3 is 14.4 Å². The summed E-state index contributed by atoms with van der Waals surface area (Å²) in [7, 11) is 0. The molecule has 0 aliphatic rings. The highest BCUT2D eigenvalue weighted by Crippen LogP contribution is 2.26. The van der Waals surface area contributed by atoms with E-state index in [1.54, 1.807) is 23.4 Å². The molecular weight excluding hydrogens is 304 g/mol. The lowest BCUT2D eigenvalue weighted by Gasteiger charge is -2.21. The molecule has 0 saturated heterocycles. The molecule has 0 aliphatic carbocycles. The molecule has 0 saturated carbocycles. The molecule has 2 aromatic heterocycles. The minimum Gasteiger partial charge on any atom is -0.459 e. The van der Waals surface area contributed by atoms with Crippen LogP contribution in [0.2, 0.25) is 0 Å². The van der Waals surface area contributed by atoms with Crippen LogP contribution < -0.4 is 0 Å². The molecule has 1 N–H and O–H groups in total. The molecule has 0 spiro atoms. The standard InChI is InChI=1S/C19H18N2O3/c22-11-10-21(14-15-5-4-9-20-13-15)19(23)18-17(8-12-24-18)16-6-2-1-3-7-16/h1-9,12-13,22H,10-11,14H2. The Labute approximate surface area is 140 Å². The van der Waals surface area contributed by atoms with E-state index in [2.05, 4.69) is 4.98 Å². The number of amides is 1. The van der Waals surface area contributed by atoms with E-state index in [4.69, 9.17) is 4.42 Å². The Morgan fingerprint density at radius 3 is 2.67 bits per heavy atom. The molecule has 1 amide bonds. The third kappa shape index (κ3) is 3.52. The summed E-state index contributed by atoms with van der Waals surface area (Å²) in [4.78, 5) is 18.5. The molecule has 2 heterocycles. The van der Waals surface area contributed by atoms with Gasteiger partial charge in [-0.2, -0.15) is 0 Å². The summed E-state index contributed by atoms with van der Waals surface area (Å²) >= 11 is 0. The lowest BCUT2D eigenvalue weighted by Crippen LogP contribution is -2.33. The van der Waals surface area contributed by atoms with Gasteiger partial charge in [0.25, 0.3) is 5.91 Å². The van der Waals surface area contributed by atoms with Crippen LogP contribution in [0.4, 0.5) is 0 Å². The Hall–Kier alpha value is -2.92. The quantitative estimate of drug-likeness (QED) is 0.757. The van der Waals surface area contributed by atoms with Gasteiger partial charge in [-0.05, 0) is 23.3 Å². The number of aliphatic hydroxyl groups excluding tert-OH is 1. The number of hydrogen-bond acceptors (Lipinski definition) is 4. The van der Waals surface area contributed by atoms with Gasteiger partial charge >= 0.3 is 0 Å². The molecule has 0 fully saturated rings. The van der Waals surface area contributed by atoms with Gasteiger partial charge in [-0.3, -0.25) is 9.78 Å². The van der Waals surface area contributed by atoms with Crippen LogP contribution in [-0.2, 0) is 6.54 Å². The van der Waals surface area contributed by atoms with Crippen molar-refractivity contribution in [2.24, 2.45) is 0 Å². The fourth-order valence-electron chi connectivity index (χ4n) is 2.55. The molecule has 3 aromatic rings. The van der Waals surface area contributed by atoms with Crippen molar-refractivity contribution < 1.29 is 14.3 Å². The summed E-state index contributed by atoms with van der Waals surface area (Å²) < 4.78 is 5.46. The number of furan rings is 1. The molecule has 0 aliphatic heterocycles. The molecule has 3 rings (SSSR count). The Bertz CT molecular complexity index is 785. The minimum absolute atomic E-state index is 0.118. The first-order valence-electron chi connectivity index (χ1n) is 7.71. The number of hydrogen-bond donors (Lipinski definition) is 1. The van der Waals surface area contributed by atoms with E-state index in [-0.39, 0.29) is 24.8 Å². The van der Waals surface area contributed by atoms with E-state index >= 15 is 0 Å². The van der Waals surface area contributed by atoms with Gasteiger partial charge in [0.2, 0.25) is 0 Å². The van der Waals surface area contributed by atoms with E-state index in [1.165, 1.54) is 6.26 Å². The number of benzene rings is 1. The van der Waals surface area contributed by atoms with Crippen molar-refractivity contribution in [3.8, 4) is 11.1 Å². The Kier molecular flexibility index (Phi) is 5.03. The molecule has 1 aromatic carbocycles. The zero-order chi connectivity index (χ0) is 16.8. The van der Waals surface area contributed by atoms with Gasteiger partial charge in [-0.1, -0.05) is 36.4 Å². The summed E-state index contributed by atoms with van der Waals surface area (Å²) in [6.07, 6.45) is 4.90. The highest BCUT2D eigenvalue weighted by atomic mass is 16.3. The average molecular weight is 322 g/mol. The van der Waals surface area contributed by atoms with Crippen LogP contribution in [0, 0.1) is 0 Å². The molecule has 0 radical (unpaired) electrons. The Balaban J connectivity index is 1.87. The van der Waals surface area contributed by atoms with Crippen LogP contribution in [-0.4, -0.2) is 34.0 Å². The normalized spacial score (nSPS) is 10.5. The van der Waals surface area contributed by atoms with E-state index in [1.807, 2.05) is 42.5 Å². The summed E-state index contributed by atoms with van der Waals surface area (Å²) in [5.41, 5.74) is 2.56. The smallest absolute Gasteiger partial charge is 0.290 e. The third-order valence-electron chi connectivity index (χ3n) is 3.70. The first-order chi connectivity index (χ1) is 11.8. The lowest BCUT2D eigenvalue weighted by molar-refractivity contribution is 0.0677. The van der Waals surface area contributed by atoms with Gasteiger partial charge in [0.05, 0.1) is 12.9 Å². The zero-order valence-electron chi connectivity index (χ0n) is 13.1. The maximum atomic E-state index is 12.9. The molecule has 122 valence electrons. The second kappa shape index (κ2) is 7.57. The summed E-state index contributed by atoms with van der Waals surface area (Å²) in [6, 6.07) is 15.1. The highest BCUT2D eigenvalue weighted by Gasteiger charge is 2.22. The van der Waals surface area contributed by atoms with Crippen LogP contribution >= 0.6 is 0 Å². The summed E-state index contributed by atoms with van der Waals surface area (Å²) in [5, 5.41) is 9.31. The van der Waals surface area contributed by atoms with E-state index < -0.39 is 0 Å². The molecule has 0 atom stereocenters. The van der Waals surface area contributed by atoms with Crippen molar-refractivity contribution in [1.82, 2.24) is 9.88 Å². The molecular formula is C19H18N2O3. The van der Waals surface area contributed by atoms with Crippen molar-refractivity contribution in [1.29, 1.82) is 0 Å². The maximum absolute atomic E-state index is 12.9. The molecule has 5 nitrogen and oxygen atoms in total. The van der Waals surface area contributed by atoms with Gasteiger partial charge in [0, 0.05) is 31.0 Å². The van der Waals surface area contributed by atoms with Crippen molar-refractivity contribution >= 4 is 5.91 Å². The predicted octanol–water partition coefficient (Wildman–Crippen LogP) is 2.98. The zero-order valence-corrected chi connectivity index (χ0v) is 13.1. The van der Waals surface area contributed by atoms with E-state index in [0.29, 0.717) is 6.54 Å². The number of carbonyl (C=O) groups excluding carboxylic acids is 1. The second-order valence-electron chi connectivity index (χ2n) is 5.34. The van der Waals surface area contributed by atoms with Gasteiger partial charge in [-0.15, -0.1) is 0 Å². The lowest BCUT2D eigenvalue weighted by atomic mass is 10.1. The first kappa shape index (κ1) is 16.0. The number of aliphatic hydroxyl groups is 1. The van der Waals surface area contributed by atoms with Gasteiger partial charge in [0.15, 0.2) is 5.76 Å². The SMILES string of the molecule is O=C(c1occc1-c1ccccc1)N(CCO)Cc1cccnc1. The first-order valence-corrected chi connectivity index (χ1v) is 7.71. The van der Waals surface area contributed by atoms with Crippen molar-refractivity contribution in [3.63, 3.8) is 0 Å².